The van der Waals surface area contributed by atoms with E-state index < -0.39 is 17.2 Å². The number of anilines is 1. The maximum atomic E-state index is 14.1. The predicted octanol–water partition coefficient (Wildman–Crippen LogP) is 4.43. The average Bonchev–Trinajstić information content (AvgIpc) is 3.54. The Bertz CT molecular complexity index is 1550. The molecule has 198 valence electrons. The fourth-order valence-electron chi connectivity index (χ4n) is 5.31. The molecule has 2 fully saturated rings. The van der Waals surface area contributed by atoms with Crippen molar-refractivity contribution >= 4 is 29.1 Å². The summed E-state index contributed by atoms with van der Waals surface area (Å²) < 4.78 is 29.1. The maximum Gasteiger partial charge on any atom is 0.274 e. The van der Waals surface area contributed by atoms with Crippen molar-refractivity contribution in [2.75, 3.05) is 24.7 Å². The van der Waals surface area contributed by atoms with Gasteiger partial charge >= 0.3 is 0 Å². The molecule has 4 heterocycles. The number of rotatable bonds is 4. The van der Waals surface area contributed by atoms with Crippen molar-refractivity contribution in [2.45, 2.75) is 18.4 Å². The molecule has 0 aliphatic carbocycles. The largest absolute Gasteiger partial charge is 0.339 e. The van der Waals surface area contributed by atoms with E-state index in [1.165, 1.54) is 10.7 Å². The van der Waals surface area contributed by atoms with E-state index in [9.17, 15) is 18.4 Å². The zero-order chi connectivity index (χ0) is 27.1. The molecule has 11 heteroatoms. The van der Waals surface area contributed by atoms with Gasteiger partial charge in [-0.05, 0) is 67.4 Å². The molecule has 1 spiro atoms. The minimum atomic E-state index is -1.02. The van der Waals surface area contributed by atoms with Crippen molar-refractivity contribution in [1.82, 2.24) is 25.0 Å². The van der Waals surface area contributed by atoms with Gasteiger partial charge < -0.3 is 15.1 Å². The van der Waals surface area contributed by atoms with Crippen LogP contribution in [0, 0.1) is 11.6 Å². The van der Waals surface area contributed by atoms with Crippen LogP contribution in [0.5, 0.6) is 0 Å². The second kappa shape index (κ2) is 9.77. The van der Waals surface area contributed by atoms with Gasteiger partial charge in [-0.1, -0.05) is 11.6 Å². The number of carbonyl (C=O) groups is 2. The van der Waals surface area contributed by atoms with Gasteiger partial charge in [0.15, 0.2) is 17.3 Å². The number of halogens is 3. The third kappa shape index (κ3) is 4.40. The molecule has 0 saturated carbocycles. The quantitative estimate of drug-likeness (QED) is 0.408. The van der Waals surface area contributed by atoms with Crippen molar-refractivity contribution < 1.29 is 18.4 Å². The third-order valence-corrected chi connectivity index (χ3v) is 7.66. The number of nitrogens with one attached hydrogen (secondary N) is 1. The molecule has 2 aliphatic rings. The van der Waals surface area contributed by atoms with Crippen LogP contribution in [-0.2, 0) is 4.79 Å². The van der Waals surface area contributed by atoms with E-state index in [1.54, 1.807) is 47.6 Å². The number of hydrogen-bond donors (Lipinski definition) is 1. The number of nitrogens with zero attached hydrogens (tertiary/aromatic N) is 5. The summed E-state index contributed by atoms with van der Waals surface area (Å²) in [4.78, 5) is 34.3. The summed E-state index contributed by atoms with van der Waals surface area (Å²) in [5.41, 5.74) is 1.79. The van der Waals surface area contributed by atoms with E-state index >= 15 is 0 Å². The summed E-state index contributed by atoms with van der Waals surface area (Å²) in [6, 6.07) is 15.9. The van der Waals surface area contributed by atoms with Crippen LogP contribution >= 0.6 is 11.6 Å². The Kier molecular flexibility index (Phi) is 6.26. The standard InChI is InChI=1S/C28H23ClF2N6O2/c29-19-1-3-20(4-2-19)36-17-33-27(39)28(36)9-13-35(14-10-28)26(38)24-16-25(18-7-11-32-12-8-18)37(34-24)21-5-6-22(30)23(31)15-21/h1-8,11-12,15-16H,9-10,13-14,17H2,(H,33,39). The first-order chi connectivity index (χ1) is 18.9. The molecule has 2 aromatic heterocycles. The lowest BCUT2D eigenvalue weighted by atomic mass is 9.85. The molecular formula is C28H23ClF2N6O2. The van der Waals surface area contributed by atoms with Crippen LogP contribution in [0.15, 0.2) is 73.1 Å². The van der Waals surface area contributed by atoms with E-state index in [0.29, 0.717) is 48.9 Å². The highest BCUT2D eigenvalue weighted by Gasteiger charge is 2.51. The number of pyridine rings is 1. The van der Waals surface area contributed by atoms with Gasteiger partial charge in [0.2, 0.25) is 5.91 Å². The van der Waals surface area contributed by atoms with Gasteiger partial charge in [0.25, 0.3) is 5.91 Å². The Hall–Kier alpha value is -4.31. The second-order valence-electron chi connectivity index (χ2n) is 9.55. The molecule has 0 bridgehead atoms. The van der Waals surface area contributed by atoms with E-state index in [-0.39, 0.29) is 23.2 Å². The summed E-state index contributed by atoms with van der Waals surface area (Å²) in [6.45, 7) is 1.07. The molecule has 0 atom stereocenters. The molecular weight excluding hydrogens is 526 g/mol. The summed E-state index contributed by atoms with van der Waals surface area (Å²) >= 11 is 6.05. The second-order valence-corrected chi connectivity index (χ2v) is 9.99. The van der Waals surface area contributed by atoms with Crippen molar-refractivity contribution in [3.05, 3.63) is 95.4 Å². The number of hydrogen-bond acceptors (Lipinski definition) is 5. The first-order valence-corrected chi connectivity index (χ1v) is 12.8. The third-order valence-electron chi connectivity index (χ3n) is 7.41. The SMILES string of the molecule is O=C(c1cc(-c2ccncc2)n(-c2ccc(F)c(F)c2)n1)N1CCC2(CC1)C(=O)NCN2c1ccc(Cl)cc1. The fourth-order valence-corrected chi connectivity index (χ4v) is 5.44. The van der Waals surface area contributed by atoms with E-state index in [0.717, 1.165) is 17.8 Å². The summed E-state index contributed by atoms with van der Waals surface area (Å²) in [5, 5.41) is 8.05. The lowest BCUT2D eigenvalue weighted by Gasteiger charge is -2.43. The smallest absolute Gasteiger partial charge is 0.274 e. The zero-order valence-electron chi connectivity index (χ0n) is 20.7. The predicted molar refractivity (Wildman–Crippen MR) is 142 cm³/mol. The Morgan fingerprint density at radius 3 is 2.31 bits per heavy atom. The van der Waals surface area contributed by atoms with E-state index in [1.807, 2.05) is 17.0 Å². The van der Waals surface area contributed by atoms with E-state index in [4.69, 9.17) is 11.6 Å². The lowest BCUT2D eigenvalue weighted by molar-refractivity contribution is -0.124. The van der Waals surface area contributed by atoms with Gasteiger partial charge in [-0.15, -0.1) is 0 Å². The highest BCUT2D eigenvalue weighted by molar-refractivity contribution is 6.30. The number of aromatic nitrogens is 3. The lowest BCUT2D eigenvalue weighted by Crippen LogP contribution is -2.57. The van der Waals surface area contributed by atoms with Gasteiger partial charge in [-0.3, -0.25) is 14.6 Å². The molecule has 0 unspecified atom stereocenters. The fraction of sp³-hybridized carbons (Fsp3) is 0.214. The number of likely N-dealkylation sites (tertiary alicyclic amines) is 1. The minimum Gasteiger partial charge on any atom is -0.339 e. The molecule has 1 N–H and O–H groups in total. The number of benzene rings is 2. The van der Waals surface area contributed by atoms with Crippen LogP contribution in [0.4, 0.5) is 14.5 Å². The Morgan fingerprint density at radius 2 is 1.62 bits per heavy atom. The normalized spacial score (nSPS) is 16.5. The Balaban J connectivity index is 1.28. The molecule has 39 heavy (non-hydrogen) atoms. The first-order valence-electron chi connectivity index (χ1n) is 12.4. The van der Waals surface area contributed by atoms with Gasteiger partial charge in [-0.2, -0.15) is 5.10 Å². The summed E-state index contributed by atoms with van der Waals surface area (Å²) in [5.74, 6) is -2.36. The van der Waals surface area contributed by atoms with Gasteiger partial charge in [0.1, 0.15) is 5.54 Å². The van der Waals surface area contributed by atoms with Gasteiger partial charge in [0, 0.05) is 47.8 Å². The van der Waals surface area contributed by atoms with Crippen molar-refractivity contribution in [3.63, 3.8) is 0 Å². The molecule has 4 aromatic rings. The number of amides is 2. The molecule has 6 rings (SSSR count). The minimum absolute atomic E-state index is 0.0628. The van der Waals surface area contributed by atoms with Crippen molar-refractivity contribution in [3.8, 4) is 16.9 Å². The van der Waals surface area contributed by atoms with Gasteiger partial charge in [-0.25, -0.2) is 13.5 Å². The molecule has 2 aliphatic heterocycles. The molecule has 2 saturated heterocycles. The van der Waals surface area contributed by atoms with Crippen molar-refractivity contribution in [2.24, 2.45) is 0 Å². The van der Waals surface area contributed by atoms with Crippen LogP contribution in [0.25, 0.3) is 16.9 Å². The molecule has 8 nitrogen and oxygen atoms in total. The van der Waals surface area contributed by atoms with Crippen molar-refractivity contribution in [1.29, 1.82) is 0 Å². The Morgan fingerprint density at radius 1 is 0.923 bits per heavy atom. The highest BCUT2D eigenvalue weighted by atomic mass is 35.5. The monoisotopic (exact) mass is 548 g/mol. The summed E-state index contributed by atoms with van der Waals surface area (Å²) in [6.07, 6.45) is 4.08. The first kappa shape index (κ1) is 25.0. The van der Waals surface area contributed by atoms with Crippen LogP contribution in [0.1, 0.15) is 23.3 Å². The topological polar surface area (TPSA) is 83.4 Å². The number of piperidine rings is 1. The molecule has 0 radical (unpaired) electrons. The molecule has 2 amide bonds. The van der Waals surface area contributed by atoms with E-state index in [2.05, 4.69) is 15.4 Å². The van der Waals surface area contributed by atoms with Crippen LogP contribution in [-0.4, -0.2) is 56.8 Å². The van der Waals surface area contributed by atoms with Crippen LogP contribution < -0.4 is 10.2 Å². The van der Waals surface area contributed by atoms with Gasteiger partial charge in [0.05, 0.1) is 18.1 Å². The van der Waals surface area contributed by atoms with Crippen LogP contribution in [0.3, 0.4) is 0 Å². The van der Waals surface area contributed by atoms with Crippen LogP contribution in [0.2, 0.25) is 5.02 Å². The maximum absolute atomic E-state index is 14.1. The summed E-state index contributed by atoms with van der Waals surface area (Å²) in [7, 11) is 0. The number of carbonyl (C=O) groups excluding carboxylic acids is 2. The Labute approximate surface area is 227 Å². The average molecular weight is 549 g/mol. The molecule has 2 aromatic carbocycles. The highest BCUT2D eigenvalue weighted by Crippen LogP contribution is 2.37. The zero-order valence-corrected chi connectivity index (χ0v) is 21.4.